The molecule has 0 saturated heterocycles. The van der Waals surface area contributed by atoms with E-state index in [1.54, 1.807) is 0 Å². The fraction of sp³-hybridized carbons (Fsp3) is 0.333. The van der Waals surface area contributed by atoms with E-state index in [0.29, 0.717) is 5.56 Å². The average Bonchev–Trinajstić information content (AvgIpc) is 3.01. The highest BCUT2D eigenvalue weighted by atomic mass is 32.2. The topological polar surface area (TPSA) is 82.8 Å². The van der Waals surface area contributed by atoms with Crippen molar-refractivity contribution in [2.45, 2.75) is 23.9 Å². The maximum absolute atomic E-state index is 11.7. The fourth-order valence-corrected chi connectivity index (χ4v) is 2.38. The summed E-state index contributed by atoms with van der Waals surface area (Å²) in [5, 5.41) is 8.54. The summed E-state index contributed by atoms with van der Waals surface area (Å²) in [7, 11) is -3.54. The molecule has 0 aromatic carbocycles. The third kappa shape index (κ3) is 2.32. The summed E-state index contributed by atoms with van der Waals surface area (Å²) >= 11 is 0. The van der Waals surface area contributed by atoms with Crippen LogP contribution >= 0.6 is 0 Å². The highest BCUT2D eigenvalue weighted by molar-refractivity contribution is 7.89. The van der Waals surface area contributed by atoms with Gasteiger partial charge in [-0.2, -0.15) is 5.26 Å². The summed E-state index contributed by atoms with van der Waals surface area (Å²) in [6.45, 7) is 0. The molecule has 0 atom stereocenters. The van der Waals surface area contributed by atoms with Crippen molar-refractivity contribution in [2.24, 2.45) is 0 Å². The number of aromatic nitrogens is 1. The Balaban J connectivity index is 2.31. The molecule has 0 unspecified atom stereocenters. The molecule has 1 saturated carbocycles. The Kier molecular flexibility index (Phi) is 2.42. The maximum Gasteiger partial charge on any atom is 0.258 e. The van der Waals surface area contributed by atoms with Crippen molar-refractivity contribution < 1.29 is 8.42 Å². The molecule has 1 aromatic heterocycles. The molecule has 2 rings (SSSR count). The van der Waals surface area contributed by atoms with Crippen LogP contribution in [0.2, 0.25) is 0 Å². The summed E-state index contributed by atoms with van der Waals surface area (Å²) in [5.41, 5.74) is 0.293. The molecule has 0 amide bonds. The van der Waals surface area contributed by atoms with Gasteiger partial charge in [-0.3, -0.25) is 0 Å². The molecule has 5 nitrogen and oxygen atoms in total. The summed E-state index contributed by atoms with van der Waals surface area (Å²) < 4.78 is 25.8. The lowest BCUT2D eigenvalue weighted by molar-refractivity contribution is 0.577. The molecule has 6 heteroatoms. The molecular weight excluding hydrogens is 214 g/mol. The van der Waals surface area contributed by atoms with Crippen LogP contribution in [-0.4, -0.2) is 19.4 Å². The number of hydrogen-bond acceptors (Lipinski definition) is 4. The van der Waals surface area contributed by atoms with Crippen LogP contribution in [0.4, 0.5) is 0 Å². The monoisotopic (exact) mass is 223 g/mol. The minimum Gasteiger partial charge on any atom is -0.243 e. The Bertz CT molecular complexity index is 514. The lowest BCUT2D eigenvalue weighted by atomic mass is 10.3. The van der Waals surface area contributed by atoms with E-state index < -0.39 is 10.0 Å². The Morgan fingerprint density at radius 2 is 2.27 bits per heavy atom. The van der Waals surface area contributed by atoms with E-state index >= 15 is 0 Å². The molecule has 1 heterocycles. The van der Waals surface area contributed by atoms with Gasteiger partial charge >= 0.3 is 0 Å². The van der Waals surface area contributed by atoms with Crippen LogP contribution in [0.1, 0.15) is 18.4 Å². The summed E-state index contributed by atoms with van der Waals surface area (Å²) in [5.74, 6) is 0. The zero-order valence-electron chi connectivity index (χ0n) is 7.84. The first-order chi connectivity index (χ1) is 7.12. The second-order valence-electron chi connectivity index (χ2n) is 3.39. The third-order valence-corrected chi connectivity index (χ3v) is 3.46. The molecule has 15 heavy (non-hydrogen) atoms. The van der Waals surface area contributed by atoms with E-state index in [9.17, 15) is 8.42 Å². The molecule has 1 aromatic rings. The number of nitriles is 1. The highest BCUT2D eigenvalue weighted by Gasteiger charge is 2.28. The summed E-state index contributed by atoms with van der Waals surface area (Å²) in [6, 6.07) is 4.66. The van der Waals surface area contributed by atoms with Crippen LogP contribution in [0.5, 0.6) is 0 Å². The normalized spacial score (nSPS) is 15.9. The summed E-state index contributed by atoms with van der Waals surface area (Å²) in [4.78, 5) is 3.74. The van der Waals surface area contributed by atoms with Gasteiger partial charge in [0.2, 0.25) is 0 Å². The van der Waals surface area contributed by atoms with Gasteiger partial charge in [0, 0.05) is 12.2 Å². The van der Waals surface area contributed by atoms with Crippen LogP contribution in [0.15, 0.2) is 23.4 Å². The number of rotatable bonds is 3. The molecule has 0 bridgehead atoms. The highest BCUT2D eigenvalue weighted by Crippen LogP contribution is 2.21. The molecule has 0 spiro atoms. The van der Waals surface area contributed by atoms with Gasteiger partial charge in [-0.1, -0.05) is 0 Å². The third-order valence-electron chi connectivity index (χ3n) is 2.04. The quantitative estimate of drug-likeness (QED) is 0.803. The van der Waals surface area contributed by atoms with E-state index in [1.807, 2.05) is 6.07 Å². The van der Waals surface area contributed by atoms with Crippen LogP contribution in [-0.2, 0) is 10.0 Å². The van der Waals surface area contributed by atoms with Gasteiger partial charge in [-0.25, -0.2) is 18.1 Å². The molecule has 78 valence electrons. The zero-order valence-corrected chi connectivity index (χ0v) is 8.66. The second-order valence-corrected chi connectivity index (χ2v) is 5.05. The molecule has 1 aliphatic rings. The molecule has 0 aliphatic heterocycles. The van der Waals surface area contributed by atoms with Crippen molar-refractivity contribution in [3.63, 3.8) is 0 Å². The van der Waals surface area contributed by atoms with E-state index in [4.69, 9.17) is 5.26 Å². The number of hydrogen-bond donors (Lipinski definition) is 1. The molecule has 1 N–H and O–H groups in total. The minimum atomic E-state index is -3.54. The smallest absolute Gasteiger partial charge is 0.243 e. The Morgan fingerprint density at radius 3 is 2.87 bits per heavy atom. The minimum absolute atomic E-state index is 0.0440. The molecular formula is C9H9N3O2S. The Morgan fingerprint density at radius 1 is 1.53 bits per heavy atom. The number of pyridine rings is 1. The standard InChI is InChI=1S/C9H9N3O2S/c10-6-7-3-4-11-9(5-7)15(13,14)12-8-1-2-8/h3-5,8,12H,1-2H2. The van der Waals surface area contributed by atoms with Crippen molar-refractivity contribution >= 4 is 10.0 Å². The maximum atomic E-state index is 11.7. The Hall–Kier alpha value is -1.45. The van der Waals surface area contributed by atoms with Crippen LogP contribution in [0.3, 0.4) is 0 Å². The van der Waals surface area contributed by atoms with Crippen molar-refractivity contribution in [1.29, 1.82) is 5.26 Å². The number of nitrogens with zero attached hydrogens (tertiary/aromatic N) is 2. The van der Waals surface area contributed by atoms with Crippen LogP contribution in [0.25, 0.3) is 0 Å². The molecule has 0 radical (unpaired) electrons. The first-order valence-electron chi connectivity index (χ1n) is 4.50. The van der Waals surface area contributed by atoms with Crippen LogP contribution < -0.4 is 4.72 Å². The van der Waals surface area contributed by atoms with Crippen molar-refractivity contribution in [3.05, 3.63) is 23.9 Å². The largest absolute Gasteiger partial charge is 0.258 e. The zero-order chi connectivity index (χ0) is 10.9. The lowest BCUT2D eigenvalue weighted by Gasteiger charge is -2.03. The van der Waals surface area contributed by atoms with E-state index in [2.05, 4.69) is 9.71 Å². The second kappa shape index (κ2) is 3.61. The van der Waals surface area contributed by atoms with E-state index in [-0.39, 0.29) is 11.1 Å². The first-order valence-corrected chi connectivity index (χ1v) is 5.98. The lowest BCUT2D eigenvalue weighted by Crippen LogP contribution is -2.26. The molecule has 1 fully saturated rings. The van der Waals surface area contributed by atoms with E-state index in [0.717, 1.165) is 12.8 Å². The van der Waals surface area contributed by atoms with Gasteiger partial charge in [0.25, 0.3) is 10.0 Å². The first kappa shape index (κ1) is 10.1. The number of sulfonamides is 1. The average molecular weight is 223 g/mol. The summed E-state index contributed by atoms with van der Waals surface area (Å²) in [6.07, 6.45) is 3.06. The predicted molar refractivity (Wildman–Crippen MR) is 52.3 cm³/mol. The van der Waals surface area contributed by atoms with Gasteiger partial charge in [0.1, 0.15) is 0 Å². The van der Waals surface area contributed by atoms with Gasteiger partial charge in [-0.15, -0.1) is 0 Å². The van der Waals surface area contributed by atoms with Crippen molar-refractivity contribution in [1.82, 2.24) is 9.71 Å². The predicted octanol–water partition coefficient (Wildman–Crippen LogP) is 0.394. The van der Waals surface area contributed by atoms with E-state index in [1.165, 1.54) is 18.3 Å². The van der Waals surface area contributed by atoms with Gasteiger partial charge in [0.15, 0.2) is 5.03 Å². The fourth-order valence-electron chi connectivity index (χ4n) is 1.11. The Labute approximate surface area is 87.8 Å². The van der Waals surface area contributed by atoms with Crippen LogP contribution in [0, 0.1) is 11.3 Å². The SMILES string of the molecule is N#Cc1ccnc(S(=O)(=O)NC2CC2)c1. The van der Waals surface area contributed by atoms with Crippen molar-refractivity contribution in [2.75, 3.05) is 0 Å². The van der Waals surface area contributed by atoms with Gasteiger partial charge < -0.3 is 0 Å². The van der Waals surface area contributed by atoms with Gasteiger partial charge in [0.05, 0.1) is 11.6 Å². The van der Waals surface area contributed by atoms with Gasteiger partial charge in [-0.05, 0) is 25.0 Å². The number of nitrogens with one attached hydrogen (secondary N) is 1. The molecule has 1 aliphatic carbocycles. The van der Waals surface area contributed by atoms with Crippen molar-refractivity contribution in [3.8, 4) is 6.07 Å².